The van der Waals surface area contributed by atoms with Crippen molar-refractivity contribution in [2.45, 2.75) is 24.2 Å². The van der Waals surface area contributed by atoms with Gasteiger partial charge >= 0.3 is 0 Å². The molecular weight excluding hydrogens is 378 g/mol. The summed E-state index contributed by atoms with van der Waals surface area (Å²) < 4.78 is 6.54. The number of thiophene rings is 1. The summed E-state index contributed by atoms with van der Waals surface area (Å²) in [6.45, 7) is 0. The number of fused-ring (bicyclic) bond motifs is 1. The smallest absolute Gasteiger partial charge is 0.227 e. The fourth-order valence-corrected chi connectivity index (χ4v) is 4.92. The van der Waals surface area contributed by atoms with Crippen LogP contribution in [0.15, 0.2) is 39.6 Å². The predicted octanol–water partition coefficient (Wildman–Crippen LogP) is 4.05. The molecule has 1 aromatic carbocycles. The van der Waals surface area contributed by atoms with Crippen LogP contribution in [0.1, 0.15) is 17.7 Å². The number of hydrogen-bond donors (Lipinski definition) is 0. The minimum Gasteiger partial charge on any atom is -0.550 e. The highest BCUT2D eigenvalue weighted by Gasteiger charge is 2.19. The quantitative estimate of drug-likeness (QED) is 0.672. The van der Waals surface area contributed by atoms with E-state index in [4.69, 9.17) is 16.0 Å². The van der Waals surface area contributed by atoms with Crippen molar-refractivity contribution in [1.29, 1.82) is 0 Å². The third-order valence-corrected chi connectivity index (χ3v) is 6.39. The number of oxazole rings is 1. The highest BCUT2D eigenvalue weighted by molar-refractivity contribution is 7.99. The molecule has 0 fully saturated rings. The summed E-state index contributed by atoms with van der Waals surface area (Å²) in [5.41, 5.74) is 2.50. The fraction of sp³-hybridized carbons (Fsp3) is 0.222. The molecule has 0 radical (unpaired) electrons. The van der Waals surface area contributed by atoms with E-state index in [-0.39, 0.29) is 6.42 Å². The van der Waals surface area contributed by atoms with Crippen LogP contribution in [-0.4, -0.2) is 16.7 Å². The fourth-order valence-electron chi connectivity index (χ4n) is 2.85. The zero-order valence-electron chi connectivity index (χ0n) is 13.1. The Bertz CT molecular complexity index is 948. The topological polar surface area (TPSA) is 66.2 Å². The number of aromatic nitrogens is 1. The van der Waals surface area contributed by atoms with Crippen molar-refractivity contribution in [3.8, 4) is 22.1 Å². The van der Waals surface area contributed by atoms with E-state index in [0.29, 0.717) is 21.7 Å². The number of rotatable bonds is 4. The lowest BCUT2D eigenvalue weighted by Crippen LogP contribution is -2.24. The van der Waals surface area contributed by atoms with Gasteiger partial charge in [-0.3, -0.25) is 0 Å². The molecule has 0 spiro atoms. The number of thioether (sulfide) groups is 1. The monoisotopic (exact) mass is 390 g/mol. The van der Waals surface area contributed by atoms with Crippen LogP contribution in [0.5, 0.6) is 0 Å². The van der Waals surface area contributed by atoms with E-state index in [2.05, 4.69) is 17.1 Å². The SMILES string of the molecule is O=C([O-])Cc1nc(-c2ccc3c(c2)CCCS3)oc1-c1ccc(Cl)s1. The summed E-state index contributed by atoms with van der Waals surface area (Å²) in [6, 6.07) is 9.69. The Hall–Kier alpha value is -1.76. The number of carbonyl (C=O) groups excluding carboxylic acids is 1. The van der Waals surface area contributed by atoms with Crippen molar-refractivity contribution < 1.29 is 14.3 Å². The highest BCUT2D eigenvalue weighted by atomic mass is 35.5. The van der Waals surface area contributed by atoms with E-state index in [9.17, 15) is 9.90 Å². The van der Waals surface area contributed by atoms with Crippen molar-refractivity contribution in [3.05, 3.63) is 45.9 Å². The Morgan fingerprint density at radius 1 is 1.32 bits per heavy atom. The number of hydrogen-bond acceptors (Lipinski definition) is 6. The largest absolute Gasteiger partial charge is 0.550 e. The molecule has 0 saturated carbocycles. The first-order valence-corrected chi connectivity index (χ1v) is 9.99. The molecule has 2 aromatic heterocycles. The molecule has 0 saturated heterocycles. The van der Waals surface area contributed by atoms with E-state index in [1.54, 1.807) is 12.1 Å². The first-order valence-electron chi connectivity index (χ1n) is 7.81. The second-order valence-electron chi connectivity index (χ2n) is 5.72. The third kappa shape index (κ3) is 3.47. The van der Waals surface area contributed by atoms with Crippen molar-refractivity contribution in [1.82, 2.24) is 4.98 Å². The van der Waals surface area contributed by atoms with Gasteiger partial charge in [0.05, 0.1) is 14.9 Å². The maximum Gasteiger partial charge on any atom is 0.227 e. The van der Waals surface area contributed by atoms with Gasteiger partial charge in [0.2, 0.25) is 5.89 Å². The van der Waals surface area contributed by atoms with Gasteiger partial charge in [0.1, 0.15) is 0 Å². The second-order valence-corrected chi connectivity index (χ2v) is 8.57. The summed E-state index contributed by atoms with van der Waals surface area (Å²) in [6.07, 6.45) is 1.90. The molecule has 0 atom stereocenters. The molecule has 4 rings (SSSR count). The lowest BCUT2D eigenvalue weighted by atomic mass is 10.1. The normalized spacial score (nSPS) is 13.6. The Morgan fingerprint density at radius 3 is 2.96 bits per heavy atom. The number of aryl methyl sites for hydroxylation is 1. The van der Waals surface area contributed by atoms with Crippen LogP contribution in [0.2, 0.25) is 4.34 Å². The first-order chi connectivity index (χ1) is 12.1. The number of carboxylic acids is 1. The number of nitrogens with zero attached hydrogens (tertiary/aromatic N) is 1. The number of aliphatic carboxylic acids is 1. The number of carboxylic acid groups (broad SMARTS) is 1. The minimum atomic E-state index is -1.19. The Labute approximate surface area is 157 Å². The van der Waals surface area contributed by atoms with Gasteiger partial charge in [-0.15, -0.1) is 23.1 Å². The van der Waals surface area contributed by atoms with Gasteiger partial charge in [-0.1, -0.05) is 11.6 Å². The number of benzene rings is 1. The Balaban J connectivity index is 1.77. The van der Waals surface area contributed by atoms with Crippen LogP contribution in [0, 0.1) is 0 Å². The van der Waals surface area contributed by atoms with Crippen LogP contribution in [-0.2, 0) is 17.6 Å². The standard InChI is InChI=1S/C18H14ClNO3S2/c19-15-6-5-14(25-15)17-12(9-16(21)22)20-18(23-17)11-3-4-13-10(8-11)2-1-7-24-13/h3-6,8H,1-2,7,9H2,(H,21,22)/p-1. The van der Waals surface area contributed by atoms with Crippen molar-refractivity contribution in [3.63, 3.8) is 0 Å². The van der Waals surface area contributed by atoms with Crippen LogP contribution in [0.3, 0.4) is 0 Å². The van der Waals surface area contributed by atoms with E-state index < -0.39 is 5.97 Å². The summed E-state index contributed by atoms with van der Waals surface area (Å²) in [4.78, 5) is 17.6. The van der Waals surface area contributed by atoms with Crippen LogP contribution >= 0.6 is 34.7 Å². The maximum atomic E-state index is 11.1. The molecule has 128 valence electrons. The van der Waals surface area contributed by atoms with Crippen molar-refractivity contribution >= 4 is 40.7 Å². The van der Waals surface area contributed by atoms with E-state index in [1.807, 2.05) is 17.8 Å². The number of halogens is 1. The summed E-state index contributed by atoms with van der Waals surface area (Å²) in [7, 11) is 0. The molecular formula is C18H13ClNO3S2-. The Morgan fingerprint density at radius 2 is 2.20 bits per heavy atom. The molecule has 3 heterocycles. The van der Waals surface area contributed by atoms with E-state index in [0.717, 1.165) is 29.0 Å². The summed E-state index contributed by atoms with van der Waals surface area (Å²) >= 11 is 9.18. The highest BCUT2D eigenvalue weighted by Crippen LogP contribution is 2.38. The minimum absolute atomic E-state index is 0.296. The number of carbonyl (C=O) groups is 1. The van der Waals surface area contributed by atoms with Gasteiger partial charge in [-0.05, 0) is 54.5 Å². The lowest BCUT2D eigenvalue weighted by molar-refractivity contribution is -0.304. The Kier molecular flexibility index (Phi) is 4.58. The molecule has 1 aliphatic rings. The van der Waals surface area contributed by atoms with Gasteiger partial charge in [0, 0.05) is 22.8 Å². The molecule has 4 nitrogen and oxygen atoms in total. The molecule has 7 heteroatoms. The van der Waals surface area contributed by atoms with Gasteiger partial charge in [-0.25, -0.2) is 4.98 Å². The second kappa shape index (κ2) is 6.86. The van der Waals surface area contributed by atoms with Gasteiger partial charge in [0.25, 0.3) is 0 Å². The average molecular weight is 391 g/mol. The van der Waals surface area contributed by atoms with E-state index >= 15 is 0 Å². The van der Waals surface area contributed by atoms with Crippen LogP contribution < -0.4 is 5.11 Å². The first kappa shape index (κ1) is 16.7. The lowest BCUT2D eigenvalue weighted by Gasteiger charge is -2.15. The van der Waals surface area contributed by atoms with E-state index in [1.165, 1.54) is 21.8 Å². The summed E-state index contributed by atoms with van der Waals surface area (Å²) in [5.74, 6) is 0.827. The predicted molar refractivity (Wildman–Crippen MR) is 98.0 cm³/mol. The van der Waals surface area contributed by atoms with Crippen molar-refractivity contribution in [2.24, 2.45) is 0 Å². The maximum absolute atomic E-state index is 11.1. The average Bonchev–Trinajstić information content (AvgIpc) is 3.20. The van der Waals surface area contributed by atoms with Crippen molar-refractivity contribution in [2.75, 3.05) is 5.75 Å². The zero-order chi connectivity index (χ0) is 17.4. The molecule has 0 unspecified atom stereocenters. The van der Waals surface area contributed by atoms with Gasteiger partial charge in [0.15, 0.2) is 5.76 Å². The molecule has 25 heavy (non-hydrogen) atoms. The van der Waals surface area contributed by atoms with Gasteiger partial charge in [-0.2, -0.15) is 0 Å². The molecule has 0 bridgehead atoms. The van der Waals surface area contributed by atoms with Crippen LogP contribution in [0.25, 0.3) is 22.1 Å². The third-order valence-electron chi connectivity index (χ3n) is 3.96. The molecule has 1 aliphatic heterocycles. The zero-order valence-corrected chi connectivity index (χ0v) is 15.5. The molecule has 0 N–H and O–H groups in total. The molecule has 0 aliphatic carbocycles. The van der Waals surface area contributed by atoms with Crippen LogP contribution in [0.4, 0.5) is 0 Å². The molecule has 0 amide bonds. The summed E-state index contributed by atoms with van der Waals surface area (Å²) in [5, 5.41) is 11.1. The molecule has 3 aromatic rings. The van der Waals surface area contributed by atoms with Gasteiger partial charge < -0.3 is 14.3 Å².